The SMILES string of the molecule is Cc1cc(Cl)c(OCCOc2ccc(C3=C(C(=O)N(Cc4ccccc4Cl)C4CC4)C4CNCC(C3)N4C(=O)OC(C)(C)C(Cl)(Cl)Cl)cc2)cc1C. The molecule has 1 aliphatic carbocycles. The van der Waals surface area contributed by atoms with E-state index in [0.717, 1.165) is 40.7 Å². The normalized spacial score (nSPS) is 19.0. The van der Waals surface area contributed by atoms with Crippen molar-refractivity contribution in [1.82, 2.24) is 15.1 Å². The Hall–Kier alpha value is -2.85. The standard InChI is InChI=1S/C39H42Cl5N3O5/c1-23-17-32(41)34(18-24(23)2)51-16-15-50-29-13-9-25(10-14-29)30-19-28-20-45-21-33(47(28)37(49)52-38(3,4)39(42,43)44)35(30)36(48)46(27-11-12-27)22-26-7-5-6-8-31(26)40/h5-10,13-14,17-18,27-28,33,45H,11-12,15-16,19-22H2,1-4H3. The van der Waals surface area contributed by atoms with Crippen LogP contribution >= 0.6 is 58.0 Å². The van der Waals surface area contributed by atoms with Crippen LogP contribution in [0.3, 0.4) is 0 Å². The molecular weight excluding hydrogens is 768 g/mol. The summed E-state index contributed by atoms with van der Waals surface area (Å²) >= 11 is 31.5. The minimum atomic E-state index is -1.87. The van der Waals surface area contributed by atoms with Gasteiger partial charge in [0, 0.05) is 36.3 Å². The Morgan fingerprint density at radius 2 is 1.58 bits per heavy atom. The van der Waals surface area contributed by atoms with Crippen LogP contribution in [0.25, 0.3) is 5.57 Å². The zero-order chi connectivity index (χ0) is 37.4. The fourth-order valence-electron chi connectivity index (χ4n) is 6.59. The number of carbonyl (C=O) groups excluding carboxylic acids is 2. The molecule has 2 bridgehead atoms. The summed E-state index contributed by atoms with van der Waals surface area (Å²) < 4.78 is 15.9. The van der Waals surface area contributed by atoms with Crippen molar-refractivity contribution < 1.29 is 23.8 Å². The molecule has 1 saturated heterocycles. The first-order chi connectivity index (χ1) is 24.6. The van der Waals surface area contributed by atoms with Gasteiger partial charge in [0.15, 0.2) is 5.60 Å². The number of fused-ring (bicyclic) bond motifs is 2. The van der Waals surface area contributed by atoms with E-state index in [1.165, 1.54) is 0 Å². The van der Waals surface area contributed by atoms with Crippen LogP contribution in [-0.4, -0.2) is 75.6 Å². The first kappa shape index (κ1) is 38.9. The van der Waals surface area contributed by atoms with Gasteiger partial charge in [-0.3, -0.25) is 9.69 Å². The highest BCUT2D eigenvalue weighted by molar-refractivity contribution is 6.68. The van der Waals surface area contributed by atoms with Crippen molar-refractivity contribution >= 4 is 75.6 Å². The third kappa shape index (κ3) is 8.59. The number of hydrogen-bond acceptors (Lipinski definition) is 6. The number of nitrogens with zero attached hydrogens (tertiary/aromatic N) is 2. The number of hydrogen-bond donors (Lipinski definition) is 1. The van der Waals surface area contributed by atoms with E-state index in [-0.39, 0.29) is 18.0 Å². The molecule has 3 aliphatic rings. The Morgan fingerprint density at radius 3 is 2.25 bits per heavy atom. The summed E-state index contributed by atoms with van der Waals surface area (Å²) in [5.74, 6) is 1.13. The van der Waals surface area contributed by atoms with Crippen molar-refractivity contribution in [3.8, 4) is 11.5 Å². The molecule has 278 valence electrons. The number of rotatable bonds is 11. The Kier molecular flexibility index (Phi) is 11.9. The van der Waals surface area contributed by atoms with E-state index in [1.807, 2.05) is 79.4 Å². The molecule has 3 aromatic rings. The number of carbonyl (C=O) groups is 2. The number of nitrogens with one attached hydrogen (secondary N) is 1. The van der Waals surface area contributed by atoms with Gasteiger partial charge in [-0.1, -0.05) is 88.3 Å². The summed E-state index contributed by atoms with van der Waals surface area (Å²) in [6.45, 7) is 8.94. The zero-order valence-electron chi connectivity index (χ0n) is 29.5. The molecule has 1 N–H and O–H groups in total. The van der Waals surface area contributed by atoms with Crippen molar-refractivity contribution in [3.05, 3.63) is 98.5 Å². The number of halogens is 5. The van der Waals surface area contributed by atoms with Gasteiger partial charge >= 0.3 is 6.09 Å². The third-order valence-corrected chi connectivity index (χ3v) is 11.9. The maximum atomic E-state index is 14.9. The minimum absolute atomic E-state index is 0.0622. The van der Waals surface area contributed by atoms with Crippen LogP contribution in [0.15, 0.2) is 66.2 Å². The van der Waals surface area contributed by atoms with Crippen molar-refractivity contribution in [2.24, 2.45) is 0 Å². The second-order valence-electron chi connectivity index (χ2n) is 14.1. The van der Waals surface area contributed by atoms with Gasteiger partial charge in [-0.15, -0.1) is 0 Å². The largest absolute Gasteiger partial charge is 0.490 e. The van der Waals surface area contributed by atoms with Crippen LogP contribution in [-0.2, 0) is 16.1 Å². The molecule has 2 heterocycles. The fraction of sp³-hybridized carbons (Fsp3) is 0.436. The van der Waals surface area contributed by atoms with Crippen LogP contribution in [0.1, 0.15) is 55.4 Å². The van der Waals surface area contributed by atoms with Gasteiger partial charge < -0.3 is 24.4 Å². The predicted octanol–water partition coefficient (Wildman–Crippen LogP) is 9.34. The van der Waals surface area contributed by atoms with Gasteiger partial charge in [0.2, 0.25) is 3.79 Å². The van der Waals surface area contributed by atoms with Crippen molar-refractivity contribution in [3.63, 3.8) is 0 Å². The van der Waals surface area contributed by atoms with Gasteiger partial charge in [0.1, 0.15) is 24.7 Å². The summed E-state index contributed by atoms with van der Waals surface area (Å²) in [5.41, 5.74) is 3.89. The molecule has 8 nitrogen and oxygen atoms in total. The lowest BCUT2D eigenvalue weighted by Crippen LogP contribution is -2.64. The quantitative estimate of drug-likeness (QED) is 0.154. The molecular formula is C39H42Cl5N3O5. The van der Waals surface area contributed by atoms with Gasteiger partial charge in [0.25, 0.3) is 5.91 Å². The number of benzene rings is 3. The monoisotopic (exact) mass is 807 g/mol. The highest BCUT2D eigenvalue weighted by atomic mass is 35.6. The van der Waals surface area contributed by atoms with Crippen molar-refractivity contribution in [1.29, 1.82) is 0 Å². The summed E-state index contributed by atoms with van der Waals surface area (Å²) in [4.78, 5) is 32.4. The van der Waals surface area contributed by atoms with Gasteiger partial charge in [-0.25, -0.2) is 4.79 Å². The molecule has 13 heteroatoms. The molecule has 6 rings (SSSR count). The van der Waals surface area contributed by atoms with E-state index >= 15 is 0 Å². The summed E-state index contributed by atoms with van der Waals surface area (Å²) in [5, 5.41) is 4.58. The Labute approximate surface area is 330 Å². The molecule has 2 amide bonds. The third-order valence-electron chi connectivity index (χ3n) is 9.92. The second-order valence-corrected chi connectivity index (χ2v) is 17.1. The van der Waals surface area contributed by atoms with Gasteiger partial charge in [-0.2, -0.15) is 0 Å². The molecule has 2 atom stereocenters. The maximum absolute atomic E-state index is 14.9. The molecule has 2 aliphatic heterocycles. The molecule has 2 fully saturated rings. The topological polar surface area (TPSA) is 80.3 Å². The highest BCUT2D eigenvalue weighted by Gasteiger charge is 2.50. The smallest absolute Gasteiger partial charge is 0.411 e. The number of ether oxygens (including phenoxy) is 3. The molecule has 0 spiro atoms. The minimum Gasteiger partial charge on any atom is -0.490 e. The van der Waals surface area contributed by atoms with Gasteiger partial charge in [-0.05, 0) is 105 Å². The molecule has 0 radical (unpaired) electrons. The number of amides is 2. The van der Waals surface area contributed by atoms with Crippen LogP contribution in [0.5, 0.6) is 11.5 Å². The van der Waals surface area contributed by atoms with E-state index in [0.29, 0.717) is 66.4 Å². The molecule has 3 aromatic carbocycles. The van der Waals surface area contributed by atoms with E-state index in [4.69, 9.17) is 72.2 Å². The Morgan fingerprint density at radius 1 is 0.904 bits per heavy atom. The maximum Gasteiger partial charge on any atom is 0.411 e. The van der Waals surface area contributed by atoms with Crippen LogP contribution < -0.4 is 14.8 Å². The number of piperazine rings is 1. The lowest BCUT2D eigenvalue weighted by molar-refractivity contribution is -0.129. The van der Waals surface area contributed by atoms with Gasteiger partial charge in [0.05, 0.1) is 17.1 Å². The van der Waals surface area contributed by atoms with Crippen molar-refractivity contribution in [2.75, 3.05) is 26.3 Å². The molecule has 52 heavy (non-hydrogen) atoms. The molecule has 0 aromatic heterocycles. The van der Waals surface area contributed by atoms with E-state index < -0.39 is 21.5 Å². The number of aryl methyl sites for hydroxylation is 2. The first-order valence-corrected chi connectivity index (χ1v) is 19.2. The summed E-state index contributed by atoms with van der Waals surface area (Å²) in [6.07, 6.45) is 1.54. The molecule has 1 saturated carbocycles. The Bertz CT molecular complexity index is 1840. The van der Waals surface area contributed by atoms with Crippen LogP contribution in [0.4, 0.5) is 4.79 Å². The lowest BCUT2D eigenvalue weighted by Gasteiger charge is -2.48. The average molecular weight is 810 g/mol. The lowest BCUT2D eigenvalue weighted by atomic mass is 9.82. The summed E-state index contributed by atoms with van der Waals surface area (Å²) in [7, 11) is 0. The Balaban J connectivity index is 1.29. The summed E-state index contributed by atoms with van der Waals surface area (Å²) in [6, 6.07) is 18.2. The van der Waals surface area contributed by atoms with E-state index in [9.17, 15) is 9.59 Å². The first-order valence-electron chi connectivity index (χ1n) is 17.3. The van der Waals surface area contributed by atoms with E-state index in [2.05, 4.69) is 5.32 Å². The molecule has 2 unspecified atom stereocenters. The average Bonchev–Trinajstić information content (AvgIpc) is 3.93. The van der Waals surface area contributed by atoms with Crippen molar-refractivity contribution in [2.45, 2.75) is 81.0 Å². The second kappa shape index (κ2) is 15.9. The fourth-order valence-corrected chi connectivity index (χ4v) is 7.18. The van der Waals surface area contributed by atoms with E-state index in [1.54, 1.807) is 18.7 Å². The van der Waals surface area contributed by atoms with Crippen LogP contribution in [0, 0.1) is 13.8 Å². The zero-order valence-corrected chi connectivity index (χ0v) is 33.3. The predicted molar refractivity (Wildman–Crippen MR) is 208 cm³/mol. The number of alkyl halides is 3. The van der Waals surface area contributed by atoms with Crippen LogP contribution in [0.2, 0.25) is 10.0 Å². The highest BCUT2D eigenvalue weighted by Crippen LogP contribution is 2.44.